The zero-order valence-electron chi connectivity index (χ0n) is 8.25. The minimum atomic E-state index is -0.0455. The molecule has 1 aromatic carbocycles. The number of nitrogens with zero attached hydrogens (tertiary/aromatic N) is 1. The zero-order chi connectivity index (χ0) is 10.7. The van der Waals surface area contributed by atoms with E-state index in [9.17, 15) is 4.79 Å². The van der Waals surface area contributed by atoms with Crippen LogP contribution in [-0.4, -0.2) is 24.4 Å². The predicted molar refractivity (Wildman–Crippen MR) is 58.5 cm³/mol. The fraction of sp³-hybridized carbons (Fsp3) is 0.300. The first-order valence-electron chi connectivity index (χ1n) is 4.36. The molecule has 76 valence electrons. The molecule has 0 saturated carbocycles. The maximum Gasteiger partial charge on any atom is 0.253 e. The molecule has 0 radical (unpaired) electrons. The van der Waals surface area contributed by atoms with E-state index in [1.807, 2.05) is 6.92 Å². The molecule has 0 fully saturated rings. The quantitative estimate of drug-likeness (QED) is 0.763. The fourth-order valence-corrected chi connectivity index (χ4v) is 1.16. The molecule has 2 N–H and O–H groups in total. The number of carbonyl (C=O) groups excluding carboxylic acids is 1. The number of hydrogen-bond acceptors (Lipinski definition) is 2. The Balaban J connectivity index is 2.97. The molecule has 1 amide bonds. The van der Waals surface area contributed by atoms with Gasteiger partial charge in [-0.3, -0.25) is 4.79 Å². The molecule has 0 spiro atoms. The monoisotopic (exact) mass is 212 g/mol. The summed E-state index contributed by atoms with van der Waals surface area (Å²) in [5.74, 6) is -0.0455. The molecule has 0 aliphatic rings. The Morgan fingerprint density at radius 2 is 2.21 bits per heavy atom. The molecule has 0 saturated heterocycles. The van der Waals surface area contributed by atoms with E-state index in [4.69, 9.17) is 17.3 Å². The van der Waals surface area contributed by atoms with Gasteiger partial charge in [-0.1, -0.05) is 11.6 Å². The van der Waals surface area contributed by atoms with E-state index in [0.29, 0.717) is 22.8 Å². The van der Waals surface area contributed by atoms with E-state index in [2.05, 4.69) is 0 Å². The van der Waals surface area contributed by atoms with Gasteiger partial charge in [0.15, 0.2) is 0 Å². The lowest BCUT2D eigenvalue weighted by Crippen LogP contribution is -2.26. The molecular weight excluding hydrogens is 200 g/mol. The van der Waals surface area contributed by atoms with Crippen molar-refractivity contribution in [2.45, 2.75) is 6.92 Å². The molecule has 0 atom stereocenters. The van der Waals surface area contributed by atoms with Crippen LogP contribution in [0.5, 0.6) is 0 Å². The predicted octanol–water partition coefficient (Wildman–Crippen LogP) is 2.01. The van der Waals surface area contributed by atoms with Crippen molar-refractivity contribution in [1.82, 2.24) is 4.90 Å². The number of anilines is 1. The molecule has 0 unspecified atom stereocenters. The maximum atomic E-state index is 11.7. The van der Waals surface area contributed by atoms with Crippen molar-refractivity contribution in [1.29, 1.82) is 0 Å². The highest BCUT2D eigenvalue weighted by atomic mass is 35.5. The summed E-state index contributed by atoms with van der Waals surface area (Å²) in [5, 5.41) is 0.473. The van der Waals surface area contributed by atoms with Gasteiger partial charge in [-0.05, 0) is 25.1 Å². The third kappa shape index (κ3) is 2.17. The van der Waals surface area contributed by atoms with Crippen LogP contribution in [0.2, 0.25) is 5.02 Å². The third-order valence-corrected chi connectivity index (χ3v) is 2.41. The molecule has 0 aliphatic carbocycles. The molecule has 0 aromatic heterocycles. The summed E-state index contributed by atoms with van der Waals surface area (Å²) in [5.41, 5.74) is 6.60. The second kappa shape index (κ2) is 4.33. The van der Waals surface area contributed by atoms with E-state index in [0.717, 1.165) is 0 Å². The van der Waals surface area contributed by atoms with Gasteiger partial charge in [0.2, 0.25) is 0 Å². The number of carbonyl (C=O) groups is 1. The number of nitrogens with two attached hydrogens (primary N) is 1. The van der Waals surface area contributed by atoms with Gasteiger partial charge < -0.3 is 10.6 Å². The Kier molecular flexibility index (Phi) is 3.36. The van der Waals surface area contributed by atoms with Crippen molar-refractivity contribution in [2.24, 2.45) is 0 Å². The van der Waals surface area contributed by atoms with Crippen LogP contribution in [0.3, 0.4) is 0 Å². The van der Waals surface area contributed by atoms with Crippen molar-refractivity contribution >= 4 is 23.2 Å². The van der Waals surface area contributed by atoms with Crippen LogP contribution in [0.4, 0.5) is 5.69 Å². The zero-order valence-corrected chi connectivity index (χ0v) is 9.01. The second-order valence-corrected chi connectivity index (χ2v) is 3.46. The van der Waals surface area contributed by atoms with Crippen LogP contribution in [0.1, 0.15) is 17.3 Å². The molecule has 4 heteroatoms. The Morgan fingerprint density at radius 1 is 1.57 bits per heavy atom. The topological polar surface area (TPSA) is 46.3 Å². The summed E-state index contributed by atoms with van der Waals surface area (Å²) >= 11 is 5.75. The first kappa shape index (κ1) is 10.9. The number of hydrogen-bond donors (Lipinski definition) is 1. The van der Waals surface area contributed by atoms with E-state index < -0.39 is 0 Å². The summed E-state index contributed by atoms with van der Waals surface area (Å²) in [6.07, 6.45) is 0. The van der Waals surface area contributed by atoms with Crippen LogP contribution in [0, 0.1) is 0 Å². The summed E-state index contributed by atoms with van der Waals surface area (Å²) < 4.78 is 0. The van der Waals surface area contributed by atoms with Gasteiger partial charge >= 0.3 is 0 Å². The summed E-state index contributed by atoms with van der Waals surface area (Å²) in [6, 6.07) is 4.90. The van der Waals surface area contributed by atoms with Gasteiger partial charge in [0.1, 0.15) is 0 Å². The highest BCUT2D eigenvalue weighted by molar-refractivity contribution is 6.33. The fourth-order valence-electron chi connectivity index (χ4n) is 1.04. The van der Waals surface area contributed by atoms with Crippen molar-refractivity contribution in [2.75, 3.05) is 19.3 Å². The van der Waals surface area contributed by atoms with Gasteiger partial charge in [-0.15, -0.1) is 0 Å². The minimum Gasteiger partial charge on any atom is -0.398 e. The molecule has 1 aromatic rings. The highest BCUT2D eigenvalue weighted by Gasteiger charge is 2.10. The number of amides is 1. The summed E-state index contributed by atoms with van der Waals surface area (Å²) in [6.45, 7) is 2.58. The van der Waals surface area contributed by atoms with Gasteiger partial charge in [-0.2, -0.15) is 0 Å². The molecule has 0 heterocycles. The number of halogens is 1. The Morgan fingerprint density at radius 3 is 2.71 bits per heavy atom. The molecule has 14 heavy (non-hydrogen) atoms. The average Bonchev–Trinajstić information content (AvgIpc) is 2.20. The van der Waals surface area contributed by atoms with E-state index in [1.54, 1.807) is 30.1 Å². The normalized spacial score (nSPS) is 9.93. The minimum absolute atomic E-state index is 0.0455. The number of benzene rings is 1. The first-order valence-corrected chi connectivity index (χ1v) is 4.74. The number of nitrogen functional groups attached to an aromatic ring is 1. The van der Waals surface area contributed by atoms with Gasteiger partial charge in [0, 0.05) is 19.2 Å². The van der Waals surface area contributed by atoms with E-state index in [1.165, 1.54) is 0 Å². The summed E-state index contributed by atoms with van der Waals surface area (Å²) in [7, 11) is 1.74. The molecular formula is C10H13ClN2O. The number of rotatable bonds is 2. The second-order valence-electron chi connectivity index (χ2n) is 3.06. The van der Waals surface area contributed by atoms with Crippen LogP contribution in [0.15, 0.2) is 18.2 Å². The highest BCUT2D eigenvalue weighted by Crippen LogP contribution is 2.20. The van der Waals surface area contributed by atoms with Crippen LogP contribution in [0.25, 0.3) is 0 Å². The molecule has 3 nitrogen and oxygen atoms in total. The van der Waals surface area contributed by atoms with Gasteiger partial charge in [0.25, 0.3) is 5.91 Å². The smallest absolute Gasteiger partial charge is 0.253 e. The SMILES string of the molecule is CCN(C)C(=O)c1ccc(Cl)c(N)c1. The van der Waals surface area contributed by atoms with Crippen molar-refractivity contribution in [3.05, 3.63) is 28.8 Å². The van der Waals surface area contributed by atoms with Crippen molar-refractivity contribution in [3.63, 3.8) is 0 Å². The standard InChI is InChI=1S/C10H13ClN2O/c1-3-13(2)10(14)7-4-5-8(11)9(12)6-7/h4-6H,3,12H2,1-2H3. The lowest BCUT2D eigenvalue weighted by molar-refractivity contribution is 0.0802. The Bertz CT molecular complexity index is 352. The molecule has 0 bridgehead atoms. The van der Waals surface area contributed by atoms with Gasteiger partial charge in [-0.25, -0.2) is 0 Å². The lowest BCUT2D eigenvalue weighted by atomic mass is 10.2. The van der Waals surface area contributed by atoms with Crippen molar-refractivity contribution < 1.29 is 4.79 Å². The molecule has 1 rings (SSSR count). The Hall–Kier alpha value is -1.22. The molecule has 0 aliphatic heterocycles. The van der Waals surface area contributed by atoms with E-state index in [-0.39, 0.29) is 5.91 Å². The largest absolute Gasteiger partial charge is 0.398 e. The maximum absolute atomic E-state index is 11.7. The summed E-state index contributed by atoms with van der Waals surface area (Å²) in [4.78, 5) is 13.3. The van der Waals surface area contributed by atoms with Crippen LogP contribution in [-0.2, 0) is 0 Å². The van der Waals surface area contributed by atoms with Crippen molar-refractivity contribution in [3.8, 4) is 0 Å². The lowest BCUT2D eigenvalue weighted by Gasteiger charge is -2.14. The third-order valence-electron chi connectivity index (χ3n) is 2.06. The Labute approximate surface area is 88.5 Å². The first-order chi connectivity index (χ1) is 6.56. The average molecular weight is 213 g/mol. The van der Waals surface area contributed by atoms with E-state index >= 15 is 0 Å². The van der Waals surface area contributed by atoms with Crippen LogP contribution < -0.4 is 5.73 Å². The van der Waals surface area contributed by atoms with Crippen LogP contribution >= 0.6 is 11.6 Å². The van der Waals surface area contributed by atoms with Gasteiger partial charge in [0.05, 0.1) is 10.7 Å².